The van der Waals surface area contributed by atoms with Crippen LogP contribution in [-0.4, -0.2) is 45.1 Å². The van der Waals surface area contributed by atoms with Crippen molar-refractivity contribution in [3.63, 3.8) is 0 Å². The first-order chi connectivity index (χ1) is 9.07. The van der Waals surface area contributed by atoms with Crippen molar-refractivity contribution in [1.82, 2.24) is 9.88 Å². The zero-order valence-corrected chi connectivity index (χ0v) is 13.2. The molecule has 0 radical (unpaired) electrons. The fraction of sp³-hybridized carbons (Fsp3) is 0.692. The molecule has 1 amide bonds. The van der Waals surface area contributed by atoms with Gasteiger partial charge in [0.05, 0.1) is 5.60 Å². The van der Waals surface area contributed by atoms with Crippen molar-refractivity contribution in [2.24, 2.45) is 0 Å². The van der Waals surface area contributed by atoms with Crippen molar-refractivity contribution in [3.8, 4) is 0 Å². The Labute approximate surface area is 123 Å². The Hall–Kier alpha value is -1.34. The second kappa shape index (κ2) is 4.89. The van der Waals surface area contributed by atoms with E-state index in [1.165, 1.54) is 11.3 Å². The molecule has 1 atom stereocenters. The highest BCUT2D eigenvalue weighted by Gasteiger charge is 2.35. The number of carbonyl (C=O) groups is 1. The van der Waals surface area contributed by atoms with E-state index < -0.39 is 5.60 Å². The van der Waals surface area contributed by atoms with Crippen LogP contribution in [0.25, 0.3) is 0 Å². The summed E-state index contributed by atoms with van der Waals surface area (Å²) in [6, 6.07) is 0. The molecule has 2 heterocycles. The molecule has 0 spiro atoms. The van der Waals surface area contributed by atoms with E-state index in [4.69, 9.17) is 5.73 Å². The first-order valence-corrected chi connectivity index (χ1v) is 7.45. The standard InChI is InChI=1S/C13H22N4O2S/c1-12(2,3)16-11-15-9(14)8(20-11)10(18)17-6-5-13(4,19)7-17/h19H,5-7,14H2,1-4H3,(H,15,16). The summed E-state index contributed by atoms with van der Waals surface area (Å²) in [6.07, 6.45) is 0.588. The summed E-state index contributed by atoms with van der Waals surface area (Å²) in [7, 11) is 0. The number of hydrogen-bond acceptors (Lipinski definition) is 6. The molecule has 1 aliphatic rings. The second-order valence-corrected chi connectivity index (χ2v) is 7.58. The van der Waals surface area contributed by atoms with E-state index in [1.807, 2.05) is 20.8 Å². The van der Waals surface area contributed by atoms with Crippen LogP contribution in [-0.2, 0) is 0 Å². The van der Waals surface area contributed by atoms with E-state index in [0.717, 1.165) is 0 Å². The predicted molar refractivity (Wildman–Crippen MR) is 81.0 cm³/mol. The normalized spacial score (nSPS) is 23.1. The number of nitrogens with two attached hydrogens (primary N) is 1. The zero-order chi connectivity index (χ0) is 15.1. The van der Waals surface area contributed by atoms with E-state index in [9.17, 15) is 9.90 Å². The molecule has 0 aromatic carbocycles. The molecule has 1 aromatic rings. The summed E-state index contributed by atoms with van der Waals surface area (Å²) in [4.78, 5) is 18.7. The summed E-state index contributed by atoms with van der Waals surface area (Å²) in [5.41, 5.74) is 4.90. The van der Waals surface area contributed by atoms with Gasteiger partial charge in [0.2, 0.25) is 0 Å². The van der Waals surface area contributed by atoms with E-state index >= 15 is 0 Å². The number of carbonyl (C=O) groups excluding carboxylic acids is 1. The largest absolute Gasteiger partial charge is 0.388 e. The fourth-order valence-corrected chi connectivity index (χ4v) is 3.18. The van der Waals surface area contributed by atoms with E-state index in [2.05, 4.69) is 10.3 Å². The van der Waals surface area contributed by atoms with Crippen molar-refractivity contribution in [1.29, 1.82) is 0 Å². The van der Waals surface area contributed by atoms with Gasteiger partial charge in [-0.3, -0.25) is 4.79 Å². The molecule has 0 bridgehead atoms. The molecule has 6 nitrogen and oxygen atoms in total. The van der Waals surface area contributed by atoms with Crippen LogP contribution < -0.4 is 11.1 Å². The van der Waals surface area contributed by atoms with Crippen LogP contribution in [0.2, 0.25) is 0 Å². The number of amides is 1. The van der Waals surface area contributed by atoms with Crippen molar-refractivity contribution in [2.45, 2.75) is 45.3 Å². The summed E-state index contributed by atoms with van der Waals surface area (Å²) >= 11 is 1.26. The van der Waals surface area contributed by atoms with Crippen molar-refractivity contribution in [3.05, 3.63) is 4.88 Å². The molecular formula is C13H22N4O2S. The molecule has 112 valence electrons. The summed E-state index contributed by atoms with van der Waals surface area (Å²) in [6.45, 7) is 8.68. The highest BCUT2D eigenvalue weighted by atomic mass is 32.1. The average Bonchev–Trinajstić information content (AvgIpc) is 2.78. The van der Waals surface area contributed by atoms with Gasteiger partial charge in [-0.2, -0.15) is 0 Å². The minimum absolute atomic E-state index is 0.137. The Bertz CT molecular complexity index is 519. The predicted octanol–water partition coefficient (Wildman–Crippen LogP) is 1.53. The van der Waals surface area contributed by atoms with Gasteiger partial charge in [0.25, 0.3) is 5.91 Å². The smallest absolute Gasteiger partial charge is 0.267 e. The lowest BCUT2D eigenvalue weighted by atomic mass is 10.1. The molecule has 1 saturated heterocycles. The van der Waals surface area contributed by atoms with E-state index in [1.54, 1.807) is 11.8 Å². The highest BCUT2D eigenvalue weighted by Crippen LogP contribution is 2.30. The van der Waals surface area contributed by atoms with Gasteiger partial charge in [-0.25, -0.2) is 4.98 Å². The maximum atomic E-state index is 12.4. The number of rotatable bonds is 2. The number of hydrogen-bond donors (Lipinski definition) is 3. The molecule has 2 rings (SSSR count). The molecule has 4 N–H and O–H groups in total. The lowest BCUT2D eigenvalue weighted by Gasteiger charge is -2.19. The van der Waals surface area contributed by atoms with E-state index in [0.29, 0.717) is 29.5 Å². The van der Waals surface area contributed by atoms with Crippen LogP contribution >= 0.6 is 11.3 Å². The second-order valence-electron chi connectivity index (χ2n) is 6.58. The molecule has 20 heavy (non-hydrogen) atoms. The number of β-amino-alcohol motifs (C(OH)–C–C–N with tert-alkyl or cyclic N) is 1. The molecule has 7 heteroatoms. The third kappa shape index (κ3) is 3.40. The number of thiazole rings is 1. The lowest BCUT2D eigenvalue weighted by molar-refractivity contribution is 0.0575. The first kappa shape index (κ1) is 15.1. The number of aromatic nitrogens is 1. The van der Waals surface area contributed by atoms with Crippen LogP contribution in [0.1, 0.15) is 43.8 Å². The Kier molecular flexibility index (Phi) is 3.68. The monoisotopic (exact) mass is 298 g/mol. The Balaban J connectivity index is 2.15. The van der Waals surface area contributed by atoms with Crippen molar-refractivity contribution in [2.75, 3.05) is 24.1 Å². The van der Waals surface area contributed by atoms with Crippen molar-refractivity contribution >= 4 is 28.2 Å². The van der Waals surface area contributed by atoms with E-state index in [-0.39, 0.29) is 17.3 Å². The highest BCUT2D eigenvalue weighted by molar-refractivity contribution is 7.18. The summed E-state index contributed by atoms with van der Waals surface area (Å²) in [5, 5.41) is 13.8. The average molecular weight is 298 g/mol. The van der Waals surface area contributed by atoms with Crippen LogP contribution in [0.4, 0.5) is 10.9 Å². The van der Waals surface area contributed by atoms with Gasteiger partial charge < -0.3 is 21.1 Å². The number of nitrogen functional groups attached to an aromatic ring is 1. The SMILES string of the molecule is CC1(O)CCN(C(=O)c2sc(NC(C)(C)C)nc2N)C1. The zero-order valence-electron chi connectivity index (χ0n) is 12.4. The van der Waals surface area contributed by atoms with Crippen LogP contribution in [0.5, 0.6) is 0 Å². The molecule has 0 saturated carbocycles. The summed E-state index contributed by atoms with van der Waals surface area (Å²) in [5.74, 6) is 0.0954. The maximum Gasteiger partial charge on any atom is 0.267 e. The van der Waals surface area contributed by atoms with Gasteiger partial charge in [-0.1, -0.05) is 11.3 Å². The minimum Gasteiger partial charge on any atom is -0.388 e. The number of nitrogens with one attached hydrogen (secondary N) is 1. The number of nitrogens with zero attached hydrogens (tertiary/aromatic N) is 2. The number of anilines is 2. The molecule has 0 aliphatic carbocycles. The summed E-state index contributed by atoms with van der Waals surface area (Å²) < 4.78 is 0. The minimum atomic E-state index is -0.804. The molecule has 1 aromatic heterocycles. The molecule has 1 fully saturated rings. The van der Waals surface area contributed by atoms with Crippen LogP contribution in [0.15, 0.2) is 0 Å². The van der Waals surface area contributed by atoms with Gasteiger partial charge in [-0.15, -0.1) is 0 Å². The van der Waals surface area contributed by atoms with Crippen LogP contribution in [0, 0.1) is 0 Å². The number of aliphatic hydroxyl groups is 1. The third-order valence-corrected chi connectivity index (χ3v) is 4.04. The Morgan fingerprint density at radius 3 is 2.70 bits per heavy atom. The van der Waals surface area contributed by atoms with Crippen molar-refractivity contribution < 1.29 is 9.90 Å². The van der Waals surface area contributed by atoms with Gasteiger partial charge in [0.1, 0.15) is 10.7 Å². The quantitative estimate of drug-likeness (QED) is 0.770. The van der Waals surface area contributed by atoms with Gasteiger partial charge >= 0.3 is 0 Å². The lowest BCUT2D eigenvalue weighted by Crippen LogP contribution is -2.33. The van der Waals surface area contributed by atoms with Gasteiger partial charge in [0, 0.05) is 18.6 Å². The topological polar surface area (TPSA) is 91.5 Å². The third-order valence-electron chi connectivity index (χ3n) is 3.07. The molecular weight excluding hydrogens is 276 g/mol. The fourth-order valence-electron chi connectivity index (χ4n) is 2.12. The van der Waals surface area contributed by atoms with Crippen LogP contribution in [0.3, 0.4) is 0 Å². The molecule has 1 aliphatic heterocycles. The Morgan fingerprint density at radius 1 is 1.55 bits per heavy atom. The van der Waals surface area contributed by atoms with Gasteiger partial charge in [0.15, 0.2) is 5.13 Å². The number of likely N-dealkylation sites (tertiary alicyclic amines) is 1. The molecule has 1 unspecified atom stereocenters. The van der Waals surface area contributed by atoms with Gasteiger partial charge in [-0.05, 0) is 34.1 Å². The first-order valence-electron chi connectivity index (χ1n) is 6.64. The maximum absolute atomic E-state index is 12.4. The Morgan fingerprint density at radius 2 is 2.20 bits per heavy atom.